The van der Waals surface area contributed by atoms with Crippen molar-refractivity contribution in [3.63, 3.8) is 0 Å². The molecular formula is C18H16N8O2S. The van der Waals surface area contributed by atoms with E-state index >= 15 is 0 Å². The highest BCUT2D eigenvalue weighted by atomic mass is 32.2. The minimum atomic E-state index is -3.83. The number of aromatic amines is 1. The number of hydrogen-bond donors (Lipinski definition) is 4. The zero-order chi connectivity index (χ0) is 20.4. The number of anilines is 3. The molecule has 0 atom stereocenters. The van der Waals surface area contributed by atoms with Gasteiger partial charge < -0.3 is 11.5 Å². The Hall–Kier alpha value is -3.99. The van der Waals surface area contributed by atoms with Crippen LogP contribution in [-0.2, 0) is 10.0 Å². The maximum Gasteiger partial charge on any atom is 0.263 e. The van der Waals surface area contributed by atoms with E-state index in [9.17, 15) is 8.42 Å². The van der Waals surface area contributed by atoms with Crippen molar-refractivity contribution in [3.8, 4) is 0 Å². The standard InChI is InChI=1S/C18H16N8O2S/c19-17-13(18(20)25-24-17)9-21-11-5-7-12(8-6-11)29(27,28)26-16-10-22-14-3-1-2-4-15(14)23-16/h1-10H,(H,23,26)(H5,19,20,24,25). The van der Waals surface area contributed by atoms with Crippen LogP contribution in [0, 0.1) is 0 Å². The monoisotopic (exact) mass is 408 g/mol. The van der Waals surface area contributed by atoms with Crippen molar-refractivity contribution in [3.05, 3.63) is 60.3 Å². The molecule has 4 aromatic rings. The number of para-hydroxylation sites is 2. The Bertz CT molecular complexity index is 1290. The number of rotatable bonds is 5. The lowest BCUT2D eigenvalue weighted by Gasteiger charge is -2.08. The lowest BCUT2D eigenvalue weighted by atomic mass is 10.3. The molecule has 0 radical (unpaired) electrons. The Morgan fingerprint density at radius 3 is 2.45 bits per heavy atom. The SMILES string of the molecule is Nc1n[nH]c(N)c1C=Nc1ccc(S(=O)(=O)Nc2cnc3ccccc3n2)cc1. The Labute approximate surface area is 165 Å². The molecule has 2 heterocycles. The van der Waals surface area contributed by atoms with Gasteiger partial charge in [0.2, 0.25) is 0 Å². The molecular weight excluding hydrogens is 392 g/mol. The van der Waals surface area contributed by atoms with E-state index in [1.165, 1.54) is 24.5 Å². The molecule has 6 N–H and O–H groups in total. The van der Waals surface area contributed by atoms with Gasteiger partial charge in [0.25, 0.3) is 10.0 Å². The van der Waals surface area contributed by atoms with E-state index in [4.69, 9.17) is 11.5 Å². The van der Waals surface area contributed by atoms with Crippen molar-refractivity contribution < 1.29 is 8.42 Å². The van der Waals surface area contributed by atoms with E-state index < -0.39 is 10.0 Å². The molecule has 0 fully saturated rings. The quantitative estimate of drug-likeness (QED) is 0.367. The fourth-order valence-corrected chi connectivity index (χ4v) is 3.55. The van der Waals surface area contributed by atoms with Crippen LogP contribution in [0.4, 0.5) is 23.1 Å². The van der Waals surface area contributed by atoms with Crippen molar-refractivity contribution in [2.75, 3.05) is 16.2 Å². The molecule has 0 aliphatic rings. The molecule has 146 valence electrons. The molecule has 0 aliphatic carbocycles. The summed E-state index contributed by atoms with van der Waals surface area (Å²) in [6, 6.07) is 13.2. The lowest BCUT2D eigenvalue weighted by molar-refractivity contribution is 0.601. The molecule has 0 amide bonds. The van der Waals surface area contributed by atoms with Crippen LogP contribution in [-0.4, -0.2) is 34.8 Å². The largest absolute Gasteiger partial charge is 0.383 e. The molecule has 0 spiro atoms. The van der Waals surface area contributed by atoms with Gasteiger partial charge in [0.05, 0.1) is 33.4 Å². The van der Waals surface area contributed by atoms with E-state index in [0.29, 0.717) is 28.1 Å². The first-order valence-electron chi connectivity index (χ1n) is 8.40. The van der Waals surface area contributed by atoms with Gasteiger partial charge in [0.15, 0.2) is 11.6 Å². The van der Waals surface area contributed by atoms with Gasteiger partial charge in [-0.2, -0.15) is 5.10 Å². The molecule has 0 saturated carbocycles. The molecule has 11 heteroatoms. The minimum Gasteiger partial charge on any atom is -0.383 e. The van der Waals surface area contributed by atoms with Crippen LogP contribution in [0.3, 0.4) is 0 Å². The van der Waals surface area contributed by atoms with Crippen molar-refractivity contribution in [2.45, 2.75) is 4.90 Å². The summed E-state index contributed by atoms with van der Waals surface area (Å²) in [5.41, 5.74) is 13.7. The summed E-state index contributed by atoms with van der Waals surface area (Å²) in [7, 11) is -3.83. The number of nitrogen functional groups attached to an aromatic ring is 2. The molecule has 4 rings (SSSR count). The zero-order valence-electron chi connectivity index (χ0n) is 14.9. The van der Waals surface area contributed by atoms with Crippen molar-refractivity contribution >= 4 is 50.4 Å². The fraction of sp³-hybridized carbons (Fsp3) is 0. The van der Waals surface area contributed by atoms with E-state index in [-0.39, 0.29) is 16.5 Å². The normalized spacial score (nSPS) is 11.9. The summed E-state index contributed by atoms with van der Waals surface area (Å²) in [6.07, 6.45) is 2.83. The molecule has 0 aliphatic heterocycles. The fourth-order valence-electron chi connectivity index (χ4n) is 2.57. The topological polar surface area (TPSA) is 165 Å². The first-order chi connectivity index (χ1) is 13.9. The third-order valence-electron chi connectivity index (χ3n) is 4.04. The van der Waals surface area contributed by atoms with E-state index in [2.05, 4.69) is 29.9 Å². The van der Waals surface area contributed by atoms with Crippen LogP contribution >= 0.6 is 0 Å². The maximum absolute atomic E-state index is 12.6. The molecule has 0 bridgehead atoms. The maximum atomic E-state index is 12.6. The minimum absolute atomic E-state index is 0.0637. The van der Waals surface area contributed by atoms with Gasteiger partial charge in [-0.15, -0.1) is 0 Å². The first kappa shape index (κ1) is 18.4. The highest BCUT2D eigenvalue weighted by Crippen LogP contribution is 2.21. The van der Waals surface area contributed by atoms with Gasteiger partial charge in [-0.3, -0.25) is 19.8 Å². The second-order valence-corrected chi connectivity index (χ2v) is 7.72. The number of aromatic nitrogens is 4. The Balaban J connectivity index is 1.54. The van der Waals surface area contributed by atoms with Gasteiger partial charge in [-0.1, -0.05) is 12.1 Å². The smallest absolute Gasteiger partial charge is 0.263 e. The number of benzene rings is 2. The summed E-state index contributed by atoms with van der Waals surface area (Å²) in [5, 5.41) is 6.32. The van der Waals surface area contributed by atoms with E-state index in [1.54, 1.807) is 30.3 Å². The van der Waals surface area contributed by atoms with Crippen LogP contribution in [0.5, 0.6) is 0 Å². The van der Waals surface area contributed by atoms with Crippen LogP contribution in [0.2, 0.25) is 0 Å². The lowest BCUT2D eigenvalue weighted by Crippen LogP contribution is -2.14. The molecule has 0 unspecified atom stereocenters. The van der Waals surface area contributed by atoms with Crippen LogP contribution in [0.1, 0.15) is 5.56 Å². The van der Waals surface area contributed by atoms with Crippen LogP contribution < -0.4 is 16.2 Å². The number of nitrogens with two attached hydrogens (primary N) is 2. The van der Waals surface area contributed by atoms with Crippen molar-refractivity contribution in [1.29, 1.82) is 0 Å². The second-order valence-electron chi connectivity index (χ2n) is 6.04. The van der Waals surface area contributed by atoms with E-state index in [1.807, 2.05) is 6.07 Å². The molecule has 10 nitrogen and oxygen atoms in total. The first-order valence-corrected chi connectivity index (χ1v) is 9.89. The molecule has 2 aromatic heterocycles. The number of sulfonamides is 1. The number of nitrogens with zero attached hydrogens (tertiary/aromatic N) is 4. The number of aliphatic imine (C=N–C) groups is 1. The average Bonchev–Trinajstić information content (AvgIpc) is 3.04. The van der Waals surface area contributed by atoms with Crippen molar-refractivity contribution in [2.24, 2.45) is 4.99 Å². The number of nitrogens with one attached hydrogen (secondary N) is 2. The van der Waals surface area contributed by atoms with Gasteiger partial charge >= 0.3 is 0 Å². The van der Waals surface area contributed by atoms with Crippen LogP contribution in [0.25, 0.3) is 11.0 Å². The highest BCUT2D eigenvalue weighted by molar-refractivity contribution is 7.92. The van der Waals surface area contributed by atoms with E-state index in [0.717, 1.165) is 0 Å². The Kier molecular flexibility index (Phi) is 4.56. The van der Waals surface area contributed by atoms with Gasteiger partial charge in [0, 0.05) is 6.21 Å². The summed E-state index contributed by atoms with van der Waals surface area (Å²) < 4.78 is 27.7. The number of H-pyrrole nitrogens is 1. The number of hydrogen-bond acceptors (Lipinski definition) is 8. The predicted octanol–water partition coefficient (Wildman–Crippen LogP) is 2.07. The third-order valence-corrected chi connectivity index (χ3v) is 5.41. The third kappa shape index (κ3) is 3.84. The summed E-state index contributed by atoms with van der Waals surface area (Å²) in [4.78, 5) is 12.8. The Morgan fingerprint density at radius 2 is 1.76 bits per heavy atom. The molecule has 29 heavy (non-hydrogen) atoms. The van der Waals surface area contributed by atoms with Gasteiger partial charge in [-0.25, -0.2) is 13.4 Å². The van der Waals surface area contributed by atoms with Crippen LogP contribution in [0.15, 0.2) is 64.6 Å². The second kappa shape index (κ2) is 7.20. The van der Waals surface area contributed by atoms with Gasteiger partial charge in [-0.05, 0) is 36.4 Å². The highest BCUT2D eigenvalue weighted by Gasteiger charge is 2.15. The van der Waals surface area contributed by atoms with Gasteiger partial charge in [0.1, 0.15) is 5.82 Å². The number of fused-ring (bicyclic) bond motifs is 1. The zero-order valence-corrected chi connectivity index (χ0v) is 15.8. The molecule has 2 aromatic carbocycles. The summed E-state index contributed by atoms with van der Waals surface area (Å²) >= 11 is 0. The summed E-state index contributed by atoms with van der Waals surface area (Å²) in [6.45, 7) is 0. The predicted molar refractivity (Wildman–Crippen MR) is 111 cm³/mol. The molecule has 0 saturated heterocycles. The average molecular weight is 408 g/mol. The van der Waals surface area contributed by atoms with Crippen molar-refractivity contribution in [1.82, 2.24) is 20.2 Å². The summed E-state index contributed by atoms with van der Waals surface area (Å²) in [5.74, 6) is 0.661. The Morgan fingerprint density at radius 1 is 1.03 bits per heavy atom.